The minimum absolute atomic E-state index is 0.0954. The summed E-state index contributed by atoms with van der Waals surface area (Å²) in [6.07, 6.45) is 0.385. The first kappa shape index (κ1) is 15.1. The van der Waals surface area contributed by atoms with Crippen molar-refractivity contribution < 1.29 is 14.1 Å². The Morgan fingerprint density at radius 2 is 1.95 bits per heavy atom. The lowest BCUT2D eigenvalue weighted by atomic mass is 10.1. The van der Waals surface area contributed by atoms with Gasteiger partial charge in [0.05, 0.1) is 18.2 Å². The Hall–Kier alpha value is -2.30. The molecule has 2 aromatic rings. The van der Waals surface area contributed by atoms with Crippen molar-refractivity contribution in [2.45, 2.75) is 40.2 Å². The smallest absolute Gasteiger partial charge is 0.228 e. The average molecular weight is 288 g/mol. The summed E-state index contributed by atoms with van der Waals surface area (Å²) in [4.78, 5) is 12.0. The molecule has 0 aliphatic rings. The lowest BCUT2D eigenvalue weighted by molar-refractivity contribution is -0.115. The number of carbonyl (C=O) groups excluding carboxylic acids is 1. The second-order valence-corrected chi connectivity index (χ2v) is 5.22. The lowest BCUT2D eigenvalue weighted by Gasteiger charge is -2.10. The van der Waals surface area contributed by atoms with E-state index in [-0.39, 0.29) is 18.4 Å². The largest absolute Gasteiger partial charge is 0.491 e. The van der Waals surface area contributed by atoms with Gasteiger partial charge in [-0.1, -0.05) is 5.16 Å². The number of amides is 1. The Bertz CT molecular complexity index is 595. The van der Waals surface area contributed by atoms with Crippen LogP contribution in [0.3, 0.4) is 0 Å². The van der Waals surface area contributed by atoms with Crippen molar-refractivity contribution in [2.75, 3.05) is 5.32 Å². The van der Waals surface area contributed by atoms with E-state index in [2.05, 4.69) is 10.5 Å². The molecule has 0 saturated heterocycles. The van der Waals surface area contributed by atoms with Crippen LogP contribution in [0.15, 0.2) is 28.8 Å². The predicted molar refractivity (Wildman–Crippen MR) is 80.5 cm³/mol. The molecule has 0 aliphatic carbocycles. The molecule has 0 fully saturated rings. The fourth-order valence-corrected chi connectivity index (χ4v) is 2.01. The van der Waals surface area contributed by atoms with Crippen LogP contribution in [0.5, 0.6) is 5.75 Å². The van der Waals surface area contributed by atoms with Crippen molar-refractivity contribution >= 4 is 11.6 Å². The van der Waals surface area contributed by atoms with E-state index in [9.17, 15) is 4.79 Å². The van der Waals surface area contributed by atoms with Gasteiger partial charge < -0.3 is 14.6 Å². The third kappa shape index (κ3) is 4.08. The van der Waals surface area contributed by atoms with E-state index in [1.165, 1.54) is 0 Å². The number of aromatic nitrogens is 1. The Morgan fingerprint density at radius 3 is 2.48 bits per heavy atom. The van der Waals surface area contributed by atoms with Crippen LogP contribution >= 0.6 is 0 Å². The molecule has 1 amide bonds. The SMILES string of the molecule is Cc1noc(C)c1CC(=O)Nc1ccc(OC(C)C)cc1. The zero-order valence-electron chi connectivity index (χ0n) is 12.8. The summed E-state index contributed by atoms with van der Waals surface area (Å²) >= 11 is 0. The van der Waals surface area contributed by atoms with Gasteiger partial charge in [-0.25, -0.2) is 0 Å². The van der Waals surface area contributed by atoms with Gasteiger partial charge in [-0.2, -0.15) is 0 Å². The number of carbonyl (C=O) groups is 1. The first-order valence-electron chi connectivity index (χ1n) is 6.94. The van der Waals surface area contributed by atoms with Crippen molar-refractivity contribution in [2.24, 2.45) is 0 Å². The number of ether oxygens (including phenoxy) is 1. The molecular formula is C16H20N2O3. The maximum atomic E-state index is 12.0. The Labute approximate surface area is 124 Å². The number of benzene rings is 1. The topological polar surface area (TPSA) is 64.4 Å². The van der Waals surface area contributed by atoms with Crippen molar-refractivity contribution in [1.82, 2.24) is 5.16 Å². The van der Waals surface area contributed by atoms with Crippen LogP contribution < -0.4 is 10.1 Å². The van der Waals surface area contributed by atoms with Crippen molar-refractivity contribution in [1.29, 1.82) is 0 Å². The summed E-state index contributed by atoms with van der Waals surface area (Å²) in [6, 6.07) is 7.32. The maximum Gasteiger partial charge on any atom is 0.228 e. The molecule has 0 radical (unpaired) electrons. The number of hydrogen-bond donors (Lipinski definition) is 1. The van der Waals surface area contributed by atoms with E-state index in [0.717, 1.165) is 22.7 Å². The quantitative estimate of drug-likeness (QED) is 0.917. The van der Waals surface area contributed by atoms with Gasteiger partial charge >= 0.3 is 0 Å². The number of rotatable bonds is 5. The highest BCUT2D eigenvalue weighted by atomic mass is 16.5. The summed E-state index contributed by atoms with van der Waals surface area (Å²) in [6.45, 7) is 7.58. The highest BCUT2D eigenvalue weighted by Gasteiger charge is 2.13. The summed E-state index contributed by atoms with van der Waals surface area (Å²) in [5, 5.41) is 6.70. The number of anilines is 1. The monoisotopic (exact) mass is 288 g/mol. The highest BCUT2D eigenvalue weighted by Crippen LogP contribution is 2.18. The van der Waals surface area contributed by atoms with Gasteiger partial charge in [0, 0.05) is 11.3 Å². The van der Waals surface area contributed by atoms with E-state index in [1.807, 2.05) is 45.0 Å². The van der Waals surface area contributed by atoms with E-state index < -0.39 is 0 Å². The van der Waals surface area contributed by atoms with E-state index in [1.54, 1.807) is 6.92 Å². The normalized spacial score (nSPS) is 10.7. The molecule has 112 valence electrons. The standard InChI is InChI=1S/C16H20N2O3/c1-10(2)20-14-7-5-13(6-8-14)17-16(19)9-15-11(3)18-21-12(15)4/h5-8,10H,9H2,1-4H3,(H,17,19). The zero-order chi connectivity index (χ0) is 15.4. The first-order valence-corrected chi connectivity index (χ1v) is 6.94. The summed E-state index contributed by atoms with van der Waals surface area (Å²) < 4.78 is 10.6. The molecule has 1 heterocycles. The molecule has 0 spiro atoms. The molecule has 5 nitrogen and oxygen atoms in total. The van der Waals surface area contributed by atoms with Crippen LogP contribution in [0.25, 0.3) is 0 Å². The highest BCUT2D eigenvalue weighted by molar-refractivity contribution is 5.92. The van der Waals surface area contributed by atoms with Crippen LogP contribution in [0.2, 0.25) is 0 Å². The number of hydrogen-bond acceptors (Lipinski definition) is 4. The number of aryl methyl sites for hydroxylation is 2. The molecular weight excluding hydrogens is 268 g/mol. The first-order chi connectivity index (χ1) is 9.95. The van der Waals surface area contributed by atoms with Gasteiger partial charge in [0.1, 0.15) is 11.5 Å². The van der Waals surface area contributed by atoms with Crippen LogP contribution in [0, 0.1) is 13.8 Å². The fourth-order valence-electron chi connectivity index (χ4n) is 2.01. The third-order valence-corrected chi connectivity index (χ3v) is 3.03. The van der Waals surface area contributed by atoms with E-state index in [4.69, 9.17) is 9.26 Å². The molecule has 2 rings (SSSR count). The van der Waals surface area contributed by atoms with E-state index in [0.29, 0.717) is 5.76 Å². The summed E-state index contributed by atoms with van der Waals surface area (Å²) in [5.41, 5.74) is 2.33. The molecule has 0 unspecified atom stereocenters. The molecule has 21 heavy (non-hydrogen) atoms. The van der Waals surface area contributed by atoms with Crippen molar-refractivity contribution in [3.8, 4) is 5.75 Å². The molecule has 1 N–H and O–H groups in total. The molecule has 1 aromatic carbocycles. The molecule has 1 aromatic heterocycles. The molecule has 0 atom stereocenters. The number of nitrogens with zero attached hydrogens (tertiary/aromatic N) is 1. The Balaban J connectivity index is 1.97. The van der Waals surface area contributed by atoms with Crippen LogP contribution in [-0.4, -0.2) is 17.2 Å². The molecule has 0 saturated carbocycles. The maximum absolute atomic E-state index is 12.0. The summed E-state index contributed by atoms with van der Waals surface area (Å²) in [5.74, 6) is 1.37. The van der Waals surface area contributed by atoms with Gasteiger partial charge in [-0.05, 0) is 52.0 Å². The van der Waals surface area contributed by atoms with E-state index >= 15 is 0 Å². The van der Waals surface area contributed by atoms with Gasteiger partial charge in [0.2, 0.25) is 5.91 Å². The lowest BCUT2D eigenvalue weighted by Crippen LogP contribution is -2.15. The van der Waals surface area contributed by atoms with Crippen LogP contribution in [0.1, 0.15) is 30.9 Å². The minimum atomic E-state index is -0.0954. The predicted octanol–water partition coefficient (Wildman–Crippen LogP) is 3.26. The Morgan fingerprint density at radius 1 is 1.29 bits per heavy atom. The van der Waals surface area contributed by atoms with Crippen molar-refractivity contribution in [3.05, 3.63) is 41.3 Å². The third-order valence-electron chi connectivity index (χ3n) is 3.03. The molecule has 0 bridgehead atoms. The van der Waals surface area contributed by atoms with Gasteiger partial charge in [-0.15, -0.1) is 0 Å². The molecule has 0 aliphatic heterocycles. The fraction of sp³-hybridized carbons (Fsp3) is 0.375. The van der Waals surface area contributed by atoms with Crippen LogP contribution in [0.4, 0.5) is 5.69 Å². The second kappa shape index (κ2) is 6.43. The minimum Gasteiger partial charge on any atom is -0.491 e. The second-order valence-electron chi connectivity index (χ2n) is 5.22. The van der Waals surface area contributed by atoms with Gasteiger partial charge in [-0.3, -0.25) is 4.79 Å². The Kier molecular flexibility index (Phi) is 4.62. The number of nitrogens with one attached hydrogen (secondary N) is 1. The van der Waals surface area contributed by atoms with Crippen LogP contribution in [-0.2, 0) is 11.2 Å². The summed E-state index contributed by atoms with van der Waals surface area (Å²) in [7, 11) is 0. The van der Waals surface area contributed by atoms with Crippen molar-refractivity contribution in [3.63, 3.8) is 0 Å². The van der Waals surface area contributed by atoms with Gasteiger partial charge in [0.15, 0.2) is 0 Å². The molecule has 5 heteroatoms. The zero-order valence-corrected chi connectivity index (χ0v) is 12.8. The van der Waals surface area contributed by atoms with Gasteiger partial charge in [0.25, 0.3) is 0 Å². The average Bonchev–Trinajstić information content (AvgIpc) is 2.72.